The van der Waals surface area contributed by atoms with E-state index in [-0.39, 0.29) is 17.9 Å². The van der Waals surface area contributed by atoms with Gasteiger partial charge in [-0.3, -0.25) is 14.2 Å². The first-order chi connectivity index (χ1) is 10.1. The van der Waals surface area contributed by atoms with Gasteiger partial charge in [-0.15, -0.1) is 11.3 Å². The van der Waals surface area contributed by atoms with Crippen LogP contribution in [-0.4, -0.2) is 33.4 Å². The Morgan fingerprint density at radius 3 is 3.05 bits per heavy atom. The summed E-state index contributed by atoms with van der Waals surface area (Å²) in [6, 6.07) is 1.87. The highest BCUT2D eigenvalue weighted by molar-refractivity contribution is 7.17. The van der Waals surface area contributed by atoms with Crippen molar-refractivity contribution in [3.63, 3.8) is 0 Å². The monoisotopic (exact) mass is 302 g/mol. The first-order valence-corrected chi connectivity index (χ1v) is 7.62. The minimum absolute atomic E-state index is 0.0253. The van der Waals surface area contributed by atoms with Crippen LogP contribution in [0.1, 0.15) is 17.8 Å². The summed E-state index contributed by atoms with van der Waals surface area (Å²) in [6.45, 7) is 3.33. The zero-order valence-electron chi connectivity index (χ0n) is 11.6. The van der Waals surface area contributed by atoms with Crippen LogP contribution in [-0.2, 0) is 17.8 Å². The third kappa shape index (κ3) is 2.32. The minimum atomic E-state index is -0.184. The number of nitrogens with zero attached hydrogens (tertiary/aromatic N) is 4. The molecule has 1 aliphatic heterocycles. The van der Waals surface area contributed by atoms with E-state index < -0.39 is 0 Å². The number of amides is 1. The molecule has 2 aromatic heterocycles. The van der Waals surface area contributed by atoms with E-state index >= 15 is 0 Å². The van der Waals surface area contributed by atoms with Gasteiger partial charge < -0.3 is 4.90 Å². The van der Waals surface area contributed by atoms with Gasteiger partial charge in [-0.2, -0.15) is 5.26 Å². The zero-order valence-corrected chi connectivity index (χ0v) is 12.4. The van der Waals surface area contributed by atoms with Crippen molar-refractivity contribution in [2.45, 2.75) is 26.3 Å². The van der Waals surface area contributed by atoms with Crippen LogP contribution in [0.4, 0.5) is 0 Å². The van der Waals surface area contributed by atoms with Crippen molar-refractivity contribution in [1.29, 1.82) is 5.26 Å². The molecule has 2 aromatic rings. The van der Waals surface area contributed by atoms with Gasteiger partial charge in [0.05, 0.1) is 11.6 Å². The first-order valence-electron chi connectivity index (χ1n) is 6.74. The van der Waals surface area contributed by atoms with Crippen molar-refractivity contribution in [1.82, 2.24) is 14.5 Å². The maximum atomic E-state index is 12.5. The van der Waals surface area contributed by atoms with E-state index in [0.717, 1.165) is 16.9 Å². The van der Waals surface area contributed by atoms with Crippen LogP contribution in [0, 0.1) is 18.3 Å². The largest absolute Gasteiger partial charge is 0.340 e. The van der Waals surface area contributed by atoms with Crippen molar-refractivity contribution < 1.29 is 4.79 Å². The molecule has 0 bridgehead atoms. The molecular weight excluding hydrogens is 288 g/mol. The summed E-state index contributed by atoms with van der Waals surface area (Å²) in [5, 5.41) is 10.6. The van der Waals surface area contributed by atoms with Crippen molar-refractivity contribution in [3.05, 3.63) is 27.1 Å². The Balaban J connectivity index is 1.99. The second-order valence-electron chi connectivity index (χ2n) is 5.05. The summed E-state index contributed by atoms with van der Waals surface area (Å²) in [5.41, 5.74) is 1.76. The average molecular weight is 302 g/mol. The van der Waals surface area contributed by atoms with E-state index in [0.29, 0.717) is 30.8 Å². The number of fused-ring (bicyclic) bond motifs is 2. The van der Waals surface area contributed by atoms with Crippen LogP contribution in [0.2, 0.25) is 0 Å². The third-order valence-corrected chi connectivity index (χ3v) is 4.79. The highest BCUT2D eigenvalue weighted by Crippen LogP contribution is 2.21. The Labute approximate surface area is 125 Å². The van der Waals surface area contributed by atoms with Crippen molar-refractivity contribution in [3.8, 4) is 6.07 Å². The van der Waals surface area contributed by atoms with Crippen molar-refractivity contribution >= 4 is 27.5 Å². The molecule has 0 saturated carbocycles. The third-order valence-electron chi connectivity index (χ3n) is 3.72. The summed E-state index contributed by atoms with van der Waals surface area (Å²) in [5.74, 6) is 0.539. The summed E-state index contributed by atoms with van der Waals surface area (Å²) in [4.78, 5) is 30.6. The molecule has 0 unspecified atom stereocenters. The second-order valence-corrected chi connectivity index (χ2v) is 5.93. The lowest BCUT2D eigenvalue weighted by atomic mass is 10.3. The standard InChI is InChI=1S/C14H14N4O2S/c1-9-8-21-13-12(9)16-10-3-5-17(11(19)2-4-15)6-7-18(10)14(13)20/h8H,2-3,5-7H2,1H3. The molecule has 0 aromatic carbocycles. The van der Waals surface area contributed by atoms with Gasteiger partial charge in [-0.25, -0.2) is 4.98 Å². The molecule has 1 aliphatic rings. The highest BCUT2D eigenvalue weighted by Gasteiger charge is 2.21. The maximum absolute atomic E-state index is 12.5. The van der Waals surface area contributed by atoms with Crippen molar-refractivity contribution in [2.75, 3.05) is 13.1 Å². The van der Waals surface area contributed by atoms with Crippen LogP contribution < -0.4 is 5.56 Å². The second kappa shape index (κ2) is 5.30. The maximum Gasteiger partial charge on any atom is 0.271 e. The van der Waals surface area contributed by atoms with E-state index in [2.05, 4.69) is 4.98 Å². The number of nitriles is 1. The zero-order chi connectivity index (χ0) is 15.0. The van der Waals surface area contributed by atoms with Gasteiger partial charge in [0.15, 0.2) is 0 Å². The number of carbonyl (C=O) groups is 1. The fourth-order valence-electron chi connectivity index (χ4n) is 2.58. The average Bonchev–Trinajstić information content (AvgIpc) is 2.71. The number of hydrogen-bond acceptors (Lipinski definition) is 5. The molecule has 6 nitrogen and oxygen atoms in total. The summed E-state index contributed by atoms with van der Waals surface area (Å²) < 4.78 is 2.34. The van der Waals surface area contributed by atoms with Crippen LogP contribution >= 0.6 is 11.3 Å². The normalized spacial score (nSPS) is 14.6. The molecule has 0 atom stereocenters. The van der Waals surface area contributed by atoms with Crippen LogP contribution in [0.5, 0.6) is 0 Å². The molecule has 21 heavy (non-hydrogen) atoms. The highest BCUT2D eigenvalue weighted by atomic mass is 32.1. The Morgan fingerprint density at radius 2 is 2.29 bits per heavy atom. The molecule has 0 spiro atoms. The molecule has 108 valence electrons. The molecular formula is C14H14N4O2S. The number of carbonyl (C=O) groups excluding carboxylic acids is 1. The quantitative estimate of drug-likeness (QED) is 0.789. The predicted octanol–water partition coefficient (Wildman–Crippen LogP) is 1.06. The first kappa shape index (κ1) is 13.8. The Hall–Kier alpha value is -2.20. The summed E-state index contributed by atoms with van der Waals surface area (Å²) >= 11 is 1.42. The molecule has 7 heteroatoms. The number of rotatable bonds is 1. The fourth-order valence-corrected chi connectivity index (χ4v) is 3.51. The smallest absolute Gasteiger partial charge is 0.271 e. The lowest BCUT2D eigenvalue weighted by Gasteiger charge is -2.17. The Morgan fingerprint density at radius 1 is 1.48 bits per heavy atom. The SMILES string of the molecule is Cc1csc2c(=O)n3c(nc12)CCN(C(=O)CC#N)CC3. The van der Waals surface area contributed by atoms with Crippen LogP contribution in [0.25, 0.3) is 10.2 Å². The number of hydrogen-bond donors (Lipinski definition) is 0. The van der Waals surface area contributed by atoms with Crippen LogP contribution in [0.3, 0.4) is 0 Å². The van der Waals surface area contributed by atoms with Gasteiger partial charge in [0.25, 0.3) is 5.56 Å². The summed E-state index contributed by atoms with van der Waals surface area (Å²) in [6.07, 6.45) is 0.421. The Kier molecular flexibility index (Phi) is 3.47. The van der Waals surface area contributed by atoms with Crippen LogP contribution in [0.15, 0.2) is 10.2 Å². The number of aromatic nitrogens is 2. The predicted molar refractivity (Wildman–Crippen MR) is 79.1 cm³/mol. The topological polar surface area (TPSA) is 79.0 Å². The Bertz CT molecular complexity index is 815. The van der Waals surface area contributed by atoms with E-state index in [9.17, 15) is 9.59 Å². The molecule has 3 rings (SSSR count). The van der Waals surface area contributed by atoms with E-state index in [4.69, 9.17) is 5.26 Å². The molecule has 0 radical (unpaired) electrons. The van der Waals surface area contributed by atoms with E-state index in [1.807, 2.05) is 18.4 Å². The van der Waals surface area contributed by atoms with Crippen molar-refractivity contribution in [2.24, 2.45) is 0 Å². The van der Waals surface area contributed by atoms with E-state index in [1.165, 1.54) is 11.3 Å². The van der Waals surface area contributed by atoms with E-state index in [1.54, 1.807) is 9.47 Å². The lowest BCUT2D eigenvalue weighted by molar-refractivity contribution is -0.130. The fraction of sp³-hybridized carbons (Fsp3) is 0.429. The van der Waals surface area contributed by atoms with Gasteiger partial charge >= 0.3 is 0 Å². The molecule has 3 heterocycles. The van der Waals surface area contributed by atoms with Gasteiger partial charge in [0, 0.05) is 26.1 Å². The molecule has 0 fully saturated rings. The lowest BCUT2D eigenvalue weighted by Crippen LogP contribution is -2.33. The van der Waals surface area contributed by atoms with Gasteiger partial charge in [0.1, 0.15) is 16.9 Å². The molecule has 1 amide bonds. The molecule has 0 N–H and O–H groups in total. The van der Waals surface area contributed by atoms with Gasteiger partial charge in [-0.1, -0.05) is 0 Å². The van der Waals surface area contributed by atoms with Gasteiger partial charge in [-0.05, 0) is 17.9 Å². The van der Waals surface area contributed by atoms with Gasteiger partial charge in [0.2, 0.25) is 5.91 Å². The number of thiophene rings is 1. The molecule has 0 aliphatic carbocycles. The number of aryl methyl sites for hydroxylation is 1. The summed E-state index contributed by atoms with van der Waals surface area (Å²) in [7, 11) is 0. The molecule has 0 saturated heterocycles. The minimum Gasteiger partial charge on any atom is -0.340 e.